The van der Waals surface area contributed by atoms with E-state index in [1.54, 1.807) is 29.3 Å². The van der Waals surface area contributed by atoms with Crippen molar-refractivity contribution in [1.82, 2.24) is 20.1 Å². The molecule has 0 saturated carbocycles. The lowest BCUT2D eigenvalue weighted by Gasteiger charge is -2.05. The summed E-state index contributed by atoms with van der Waals surface area (Å²) in [4.78, 5) is 15.1. The Morgan fingerprint density at radius 1 is 1.50 bits per heavy atom. The summed E-state index contributed by atoms with van der Waals surface area (Å²) in [5, 5.41) is 7.31. The molecule has 0 aliphatic heterocycles. The molecule has 0 saturated heterocycles. The summed E-state index contributed by atoms with van der Waals surface area (Å²) in [6.07, 6.45) is 5.17. The first kappa shape index (κ1) is 12.3. The molecule has 0 unspecified atom stereocenters. The first-order chi connectivity index (χ1) is 8.70. The number of nitrogens with one attached hydrogen (secondary N) is 1. The number of nitrogens with two attached hydrogens (primary N) is 1. The first-order valence-electron chi connectivity index (χ1n) is 5.71. The Labute approximate surface area is 105 Å². The zero-order valence-corrected chi connectivity index (χ0v) is 10.1. The maximum atomic E-state index is 11.0. The minimum absolute atomic E-state index is 0.243. The highest BCUT2D eigenvalue weighted by atomic mass is 16.1. The summed E-state index contributed by atoms with van der Waals surface area (Å²) in [5.41, 5.74) is 7.27. The van der Waals surface area contributed by atoms with Crippen molar-refractivity contribution in [3.05, 3.63) is 42.0 Å². The van der Waals surface area contributed by atoms with Crippen LogP contribution in [0.5, 0.6) is 0 Å². The molecule has 0 aliphatic carbocycles. The maximum Gasteiger partial charge on any atom is 0.269 e. The van der Waals surface area contributed by atoms with Crippen LogP contribution in [0.2, 0.25) is 0 Å². The number of carbonyl (C=O) groups excluding carboxylic acids is 1. The fraction of sp³-hybridized carbons (Fsp3) is 0.250. The van der Waals surface area contributed by atoms with Gasteiger partial charge in [0.1, 0.15) is 5.69 Å². The van der Waals surface area contributed by atoms with Gasteiger partial charge in [-0.2, -0.15) is 5.10 Å². The third-order valence-corrected chi connectivity index (χ3v) is 2.47. The molecule has 0 aromatic carbocycles. The quantitative estimate of drug-likeness (QED) is 0.802. The van der Waals surface area contributed by atoms with Crippen molar-refractivity contribution < 1.29 is 4.79 Å². The average molecular weight is 245 g/mol. The van der Waals surface area contributed by atoms with Gasteiger partial charge >= 0.3 is 0 Å². The van der Waals surface area contributed by atoms with E-state index >= 15 is 0 Å². The highest BCUT2D eigenvalue weighted by molar-refractivity contribution is 5.90. The number of primary amides is 1. The normalized spacial score (nSPS) is 10.5. The van der Waals surface area contributed by atoms with Crippen LogP contribution in [0.3, 0.4) is 0 Å². The number of amides is 1. The van der Waals surface area contributed by atoms with Gasteiger partial charge in [0.15, 0.2) is 0 Å². The molecule has 6 nitrogen and oxygen atoms in total. The Kier molecular flexibility index (Phi) is 3.69. The molecular formula is C12H15N5O. The molecule has 2 aromatic heterocycles. The lowest BCUT2D eigenvalue weighted by atomic mass is 10.2. The molecule has 2 aromatic rings. The van der Waals surface area contributed by atoms with Crippen molar-refractivity contribution >= 4 is 5.91 Å². The van der Waals surface area contributed by atoms with Crippen molar-refractivity contribution in [3.8, 4) is 5.69 Å². The second-order valence-electron chi connectivity index (χ2n) is 3.84. The van der Waals surface area contributed by atoms with Gasteiger partial charge in [0.25, 0.3) is 5.91 Å². The molecule has 0 bridgehead atoms. The zero-order chi connectivity index (χ0) is 13.0. The lowest BCUT2D eigenvalue weighted by Crippen LogP contribution is -2.13. The molecule has 0 atom stereocenters. The van der Waals surface area contributed by atoms with Crippen molar-refractivity contribution in [2.24, 2.45) is 5.73 Å². The van der Waals surface area contributed by atoms with E-state index in [4.69, 9.17) is 5.73 Å². The van der Waals surface area contributed by atoms with Crippen LogP contribution in [0.15, 0.2) is 30.7 Å². The van der Waals surface area contributed by atoms with Gasteiger partial charge in [-0.3, -0.25) is 9.78 Å². The molecule has 0 spiro atoms. The minimum Gasteiger partial charge on any atom is -0.364 e. The van der Waals surface area contributed by atoms with Crippen LogP contribution in [-0.4, -0.2) is 27.2 Å². The van der Waals surface area contributed by atoms with Crippen LogP contribution in [0, 0.1) is 0 Å². The smallest absolute Gasteiger partial charge is 0.269 e. The van der Waals surface area contributed by atoms with Gasteiger partial charge < -0.3 is 11.1 Å². The van der Waals surface area contributed by atoms with Crippen LogP contribution in [0.25, 0.3) is 5.69 Å². The maximum absolute atomic E-state index is 11.0. The van der Waals surface area contributed by atoms with Gasteiger partial charge in [-0.15, -0.1) is 0 Å². The second kappa shape index (κ2) is 5.42. The van der Waals surface area contributed by atoms with E-state index in [0.717, 1.165) is 24.3 Å². The number of carbonyl (C=O) groups is 1. The van der Waals surface area contributed by atoms with Crippen LogP contribution < -0.4 is 11.1 Å². The average Bonchev–Trinajstić information content (AvgIpc) is 2.86. The molecule has 0 radical (unpaired) electrons. The summed E-state index contributed by atoms with van der Waals surface area (Å²) >= 11 is 0. The van der Waals surface area contributed by atoms with E-state index in [2.05, 4.69) is 15.4 Å². The standard InChI is InChI=1S/C12H15N5O/c1-2-14-6-9-5-10(8-15-7-9)17-4-3-11(16-17)12(13)18/h3-5,7-8,14H,2,6H2,1H3,(H2,13,18). The summed E-state index contributed by atoms with van der Waals surface area (Å²) in [6.45, 7) is 3.70. The van der Waals surface area contributed by atoms with E-state index in [9.17, 15) is 4.79 Å². The molecule has 1 amide bonds. The lowest BCUT2D eigenvalue weighted by molar-refractivity contribution is 0.0995. The highest BCUT2D eigenvalue weighted by Gasteiger charge is 2.06. The predicted molar refractivity (Wildman–Crippen MR) is 67.3 cm³/mol. The SMILES string of the molecule is CCNCc1cncc(-n2ccc(C(N)=O)n2)c1. The van der Waals surface area contributed by atoms with E-state index in [-0.39, 0.29) is 5.69 Å². The zero-order valence-electron chi connectivity index (χ0n) is 10.1. The number of pyridine rings is 1. The van der Waals surface area contributed by atoms with Gasteiger partial charge in [0.05, 0.1) is 11.9 Å². The first-order valence-corrected chi connectivity index (χ1v) is 5.71. The fourth-order valence-electron chi connectivity index (χ4n) is 1.56. The molecular weight excluding hydrogens is 230 g/mol. The fourth-order valence-corrected chi connectivity index (χ4v) is 1.56. The Morgan fingerprint density at radius 2 is 2.33 bits per heavy atom. The summed E-state index contributed by atoms with van der Waals surface area (Å²) in [5.74, 6) is -0.537. The molecule has 6 heteroatoms. The number of hydrogen-bond acceptors (Lipinski definition) is 4. The van der Waals surface area contributed by atoms with Crippen molar-refractivity contribution in [2.45, 2.75) is 13.5 Å². The van der Waals surface area contributed by atoms with Crippen LogP contribution >= 0.6 is 0 Å². The molecule has 94 valence electrons. The largest absolute Gasteiger partial charge is 0.364 e. The number of nitrogens with zero attached hydrogens (tertiary/aromatic N) is 3. The van der Waals surface area contributed by atoms with Crippen LogP contribution in [0.4, 0.5) is 0 Å². The van der Waals surface area contributed by atoms with Crippen molar-refractivity contribution in [3.63, 3.8) is 0 Å². The summed E-state index contributed by atoms with van der Waals surface area (Å²) in [7, 11) is 0. The number of hydrogen-bond donors (Lipinski definition) is 2. The molecule has 18 heavy (non-hydrogen) atoms. The van der Waals surface area contributed by atoms with Crippen LogP contribution in [-0.2, 0) is 6.54 Å². The van der Waals surface area contributed by atoms with Gasteiger partial charge in [-0.25, -0.2) is 4.68 Å². The highest BCUT2D eigenvalue weighted by Crippen LogP contribution is 2.08. The van der Waals surface area contributed by atoms with E-state index < -0.39 is 5.91 Å². The van der Waals surface area contributed by atoms with E-state index in [0.29, 0.717) is 0 Å². The second-order valence-corrected chi connectivity index (χ2v) is 3.84. The molecule has 2 rings (SSSR count). The van der Waals surface area contributed by atoms with Gasteiger partial charge in [-0.1, -0.05) is 6.92 Å². The summed E-state index contributed by atoms with van der Waals surface area (Å²) < 4.78 is 1.59. The Balaban J connectivity index is 2.23. The third-order valence-electron chi connectivity index (χ3n) is 2.47. The molecule has 0 fully saturated rings. The van der Waals surface area contributed by atoms with E-state index in [1.165, 1.54) is 0 Å². The molecule has 0 aliphatic rings. The van der Waals surface area contributed by atoms with Crippen LogP contribution in [0.1, 0.15) is 23.0 Å². The molecule has 2 heterocycles. The topological polar surface area (TPSA) is 85.8 Å². The van der Waals surface area contributed by atoms with Gasteiger partial charge in [0, 0.05) is 18.9 Å². The minimum atomic E-state index is -0.537. The summed E-state index contributed by atoms with van der Waals surface area (Å²) in [6, 6.07) is 3.55. The Hall–Kier alpha value is -2.21. The van der Waals surface area contributed by atoms with E-state index in [1.807, 2.05) is 13.0 Å². The molecule has 3 N–H and O–H groups in total. The Bertz CT molecular complexity index is 549. The number of aromatic nitrogens is 3. The van der Waals surface area contributed by atoms with Gasteiger partial charge in [0.2, 0.25) is 0 Å². The third kappa shape index (κ3) is 2.72. The van der Waals surface area contributed by atoms with Crippen molar-refractivity contribution in [2.75, 3.05) is 6.54 Å². The van der Waals surface area contributed by atoms with Crippen molar-refractivity contribution in [1.29, 1.82) is 0 Å². The monoisotopic (exact) mass is 245 g/mol. The Morgan fingerprint density at radius 3 is 3.00 bits per heavy atom. The van der Waals surface area contributed by atoms with Gasteiger partial charge in [-0.05, 0) is 24.2 Å². The number of rotatable bonds is 5. The predicted octanol–water partition coefficient (Wildman–Crippen LogP) is 0.476.